The van der Waals surface area contributed by atoms with Gasteiger partial charge in [-0.25, -0.2) is 4.21 Å². The first-order valence-electron chi connectivity index (χ1n) is 12.0. The number of benzene rings is 2. The molecule has 2 nitrogen and oxygen atoms in total. The summed E-state index contributed by atoms with van der Waals surface area (Å²) in [5.74, 6) is 0. The molecule has 0 radical (unpaired) electrons. The highest BCUT2D eigenvalue weighted by molar-refractivity contribution is 7.89. The fourth-order valence-electron chi connectivity index (χ4n) is 5.28. The summed E-state index contributed by atoms with van der Waals surface area (Å²) in [4.78, 5) is 1.85. The molecule has 2 aromatic rings. The van der Waals surface area contributed by atoms with Gasteiger partial charge in [-0.2, -0.15) is 0 Å². The van der Waals surface area contributed by atoms with Crippen LogP contribution in [-0.4, -0.2) is 4.21 Å². The molecule has 2 aromatic carbocycles. The Morgan fingerprint density at radius 1 is 0.848 bits per heavy atom. The van der Waals surface area contributed by atoms with Gasteiger partial charge in [-0.1, -0.05) is 93.5 Å². The summed E-state index contributed by atoms with van der Waals surface area (Å²) >= 11 is 0. The van der Waals surface area contributed by atoms with Gasteiger partial charge < -0.3 is 5.32 Å². The van der Waals surface area contributed by atoms with Gasteiger partial charge in [-0.3, -0.25) is 0 Å². The highest BCUT2D eigenvalue weighted by atomic mass is 32.2. The number of fused-ring (bicyclic) bond motifs is 1. The highest BCUT2D eigenvalue weighted by Gasteiger charge is 2.34. The number of hydrogen-bond acceptors (Lipinski definition) is 2. The van der Waals surface area contributed by atoms with Gasteiger partial charge in [0.05, 0.1) is 26.3 Å². The van der Waals surface area contributed by atoms with Crippen LogP contribution in [0.4, 0.5) is 5.69 Å². The van der Waals surface area contributed by atoms with Crippen LogP contribution in [0.3, 0.4) is 0 Å². The Kier molecular flexibility index (Phi) is 5.56. The molecule has 1 aliphatic heterocycles. The third kappa shape index (κ3) is 3.87. The van der Waals surface area contributed by atoms with Crippen LogP contribution in [0.2, 0.25) is 0 Å². The maximum Gasteiger partial charge on any atom is 0.0888 e. The third-order valence-corrected chi connectivity index (χ3v) is 9.25. The monoisotopic (exact) mass is 455 g/mol. The summed E-state index contributed by atoms with van der Waals surface area (Å²) in [5, 5.41) is 3.62. The predicted octanol–water partition coefficient (Wildman–Crippen LogP) is 7.78. The van der Waals surface area contributed by atoms with E-state index in [0.29, 0.717) is 0 Å². The van der Waals surface area contributed by atoms with Crippen molar-refractivity contribution in [2.24, 2.45) is 5.41 Å². The van der Waals surface area contributed by atoms with Crippen molar-refractivity contribution in [1.82, 2.24) is 0 Å². The molecule has 0 saturated carbocycles. The van der Waals surface area contributed by atoms with E-state index in [0.717, 1.165) is 46.9 Å². The van der Waals surface area contributed by atoms with E-state index in [9.17, 15) is 4.21 Å². The average Bonchev–Trinajstić information content (AvgIpc) is 2.85. The first-order valence-corrected chi connectivity index (χ1v) is 13.1. The zero-order valence-electron chi connectivity index (χ0n) is 20.1. The molecule has 33 heavy (non-hydrogen) atoms. The van der Waals surface area contributed by atoms with Crippen LogP contribution < -0.4 is 5.32 Å². The molecule has 1 atom stereocenters. The number of hydrogen-bond donors (Lipinski definition) is 1. The molecule has 1 unspecified atom stereocenters. The Morgan fingerprint density at radius 3 is 2.36 bits per heavy atom. The van der Waals surface area contributed by atoms with Crippen LogP contribution in [0.25, 0.3) is 0 Å². The largest absolute Gasteiger partial charge is 0.357 e. The molecule has 3 aliphatic rings. The molecule has 1 heterocycles. The highest BCUT2D eigenvalue weighted by Crippen LogP contribution is 2.46. The van der Waals surface area contributed by atoms with Crippen LogP contribution in [-0.2, 0) is 16.2 Å². The van der Waals surface area contributed by atoms with Crippen molar-refractivity contribution in [3.05, 3.63) is 106 Å². The van der Waals surface area contributed by atoms with Crippen molar-refractivity contribution in [3.63, 3.8) is 0 Å². The molecule has 2 aliphatic carbocycles. The minimum Gasteiger partial charge on any atom is -0.357 e. The summed E-state index contributed by atoms with van der Waals surface area (Å²) in [6.07, 6.45) is 13.1. The van der Waals surface area contributed by atoms with Crippen LogP contribution in [0, 0.1) is 5.41 Å². The first-order chi connectivity index (χ1) is 15.8. The molecule has 0 fully saturated rings. The van der Waals surface area contributed by atoms with Crippen LogP contribution in [0.5, 0.6) is 0 Å². The molecule has 0 saturated heterocycles. The minimum atomic E-state index is -1.19. The Balaban J connectivity index is 1.50. The van der Waals surface area contributed by atoms with Gasteiger partial charge >= 0.3 is 0 Å². The van der Waals surface area contributed by atoms with Gasteiger partial charge in [0.25, 0.3) is 0 Å². The minimum absolute atomic E-state index is 0.00901. The van der Waals surface area contributed by atoms with E-state index in [-0.39, 0.29) is 10.8 Å². The van der Waals surface area contributed by atoms with Crippen molar-refractivity contribution < 1.29 is 4.21 Å². The molecule has 0 spiro atoms. The number of rotatable bonds is 4. The van der Waals surface area contributed by atoms with E-state index in [1.165, 1.54) is 22.3 Å². The first kappa shape index (κ1) is 22.2. The zero-order valence-corrected chi connectivity index (χ0v) is 20.9. The average molecular weight is 456 g/mol. The molecular formula is C30H33NOS. The van der Waals surface area contributed by atoms with Crippen molar-refractivity contribution in [1.29, 1.82) is 0 Å². The summed E-state index contributed by atoms with van der Waals surface area (Å²) < 4.78 is 13.9. The lowest BCUT2D eigenvalue weighted by molar-refractivity contribution is 0.489. The zero-order chi connectivity index (χ0) is 23.2. The Labute approximate surface area is 200 Å². The standard InChI is InChI=1S/C30H33NOS/c1-29(2,21-11-7-5-8-12-21)23-15-17-25-27(19-23)33(32)28-20-24(16-18-26(28)31-25)30(3,4)22-13-9-6-10-14-22/h5-9,11-13,15,17,19-20,31H,10,14,16,18H2,1-4H3. The molecule has 1 N–H and O–H groups in total. The summed E-state index contributed by atoms with van der Waals surface area (Å²) in [6.45, 7) is 9.12. The molecule has 0 bridgehead atoms. The normalized spacial score (nSPS) is 20.4. The van der Waals surface area contributed by atoms with Crippen molar-refractivity contribution in [2.75, 3.05) is 5.32 Å². The predicted molar refractivity (Wildman–Crippen MR) is 140 cm³/mol. The van der Waals surface area contributed by atoms with Gasteiger partial charge in [0, 0.05) is 16.5 Å². The Hall–Kier alpha value is -2.65. The van der Waals surface area contributed by atoms with E-state index < -0.39 is 10.8 Å². The Morgan fingerprint density at radius 2 is 1.64 bits per heavy atom. The summed E-state index contributed by atoms with van der Waals surface area (Å²) in [5.41, 5.74) is 7.24. The lowest BCUT2D eigenvalue weighted by atomic mass is 9.71. The molecule has 0 amide bonds. The summed E-state index contributed by atoms with van der Waals surface area (Å²) in [6, 6.07) is 17.0. The molecule has 5 rings (SSSR count). The quantitative estimate of drug-likeness (QED) is 0.510. The van der Waals surface area contributed by atoms with E-state index >= 15 is 0 Å². The van der Waals surface area contributed by atoms with Crippen LogP contribution in [0.15, 0.2) is 99.5 Å². The second kappa shape index (κ2) is 8.29. The number of anilines is 1. The second-order valence-corrected chi connectivity index (χ2v) is 11.8. The second-order valence-electron chi connectivity index (χ2n) is 10.4. The van der Waals surface area contributed by atoms with Gasteiger partial charge in [-0.15, -0.1) is 0 Å². The van der Waals surface area contributed by atoms with E-state index in [1.54, 1.807) is 0 Å². The molecular weight excluding hydrogens is 422 g/mol. The topological polar surface area (TPSA) is 29.1 Å². The molecule has 0 aromatic heterocycles. The lowest BCUT2D eigenvalue weighted by Gasteiger charge is -2.36. The third-order valence-electron chi connectivity index (χ3n) is 7.75. The fourth-order valence-corrected chi connectivity index (χ4v) is 6.70. The maximum atomic E-state index is 13.9. The molecule has 3 heteroatoms. The van der Waals surface area contributed by atoms with Gasteiger partial charge in [0.15, 0.2) is 0 Å². The van der Waals surface area contributed by atoms with Crippen molar-refractivity contribution in [2.45, 2.75) is 63.7 Å². The van der Waals surface area contributed by atoms with Crippen molar-refractivity contribution in [3.8, 4) is 0 Å². The maximum absolute atomic E-state index is 13.9. The number of allylic oxidation sites excluding steroid dienone is 7. The van der Waals surface area contributed by atoms with E-state index in [4.69, 9.17) is 0 Å². The van der Waals surface area contributed by atoms with Crippen molar-refractivity contribution >= 4 is 16.5 Å². The van der Waals surface area contributed by atoms with Crippen LogP contribution >= 0.6 is 0 Å². The molecule has 170 valence electrons. The van der Waals surface area contributed by atoms with Crippen LogP contribution in [0.1, 0.15) is 64.5 Å². The smallest absolute Gasteiger partial charge is 0.0888 e. The lowest BCUT2D eigenvalue weighted by Crippen LogP contribution is -2.25. The Bertz CT molecular complexity index is 1240. The fraction of sp³-hybridized carbons (Fsp3) is 0.333. The summed E-state index contributed by atoms with van der Waals surface area (Å²) in [7, 11) is -1.19. The number of nitrogens with one attached hydrogen (secondary N) is 1. The van der Waals surface area contributed by atoms with Gasteiger partial charge in [0.1, 0.15) is 0 Å². The van der Waals surface area contributed by atoms with E-state index in [1.807, 2.05) is 6.07 Å². The van der Waals surface area contributed by atoms with Gasteiger partial charge in [-0.05, 0) is 55.0 Å². The van der Waals surface area contributed by atoms with E-state index in [2.05, 4.69) is 99.8 Å². The SMILES string of the molecule is CC(C)(C1=CC=CCC1)C1=CC2=C(CC1)Nc1ccc(C(C)(C)c3ccccc3)cc1S2=O. The van der Waals surface area contributed by atoms with Gasteiger partial charge in [0.2, 0.25) is 0 Å².